The monoisotopic (exact) mass is 236 g/mol. The van der Waals surface area contributed by atoms with Gasteiger partial charge in [0.1, 0.15) is 0 Å². The van der Waals surface area contributed by atoms with Crippen molar-refractivity contribution in [1.29, 1.82) is 0 Å². The highest BCUT2D eigenvalue weighted by Crippen LogP contribution is 2.23. The number of nitrogens with two attached hydrogens (primary N) is 1. The average Bonchev–Trinajstić information content (AvgIpc) is 2.23. The van der Waals surface area contributed by atoms with E-state index < -0.39 is 5.60 Å². The summed E-state index contributed by atoms with van der Waals surface area (Å²) < 4.78 is 5.21. The summed E-state index contributed by atoms with van der Waals surface area (Å²) in [6.07, 6.45) is 0.289. The molecule has 1 rings (SSSR count). The van der Waals surface area contributed by atoms with Crippen LogP contribution >= 0.6 is 0 Å². The Balaban J connectivity index is 2.75. The Bertz CT molecular complexity index is 394. The Labute approximate surface area is 102 Å². The minimum absolute atomic E-state index is 0.0992. The van der Waals surface area contributed by atoms with E-state index in [2.05, 4.69) is 5.32 Å². The first kappa shape index (κ1) is 13.5. The highest BCUT2D eigenvalue weighted by Gasteiger charge is 2.21. The van der Waals surface area contributed by atoms with Crippen LogP contribution in [0.3, 0.4) is 0 Å². The topological polar surface area (TPSA) is 64.3 Å². The number of carbonyl (C=O) groups excluding carboxylic acids is 1. The van der Waals surface area contributed by atoms with Gasteiger partial charge in [0.2, 0.25) is 5.91 Å². The first-order chi connectivity index (χ1) is 7.85. The van der Waals surface area contributed by atoms with Crippen molar-refractivity contribution in [3.63, 3.8) is 0 Å². The van der Waals surface area contributed by atoms with E-state index in [0.29, 0.717) is 11.4 Å². The van der Waals surface area contributed by atoms with Crippen molar-refractivity contribution in [1.82, 2.24) is 0 Å². The molecular weight excluding hydrogens is 216 g/mol. The SMILES string of the molecule is COC(C)(C)CC(=O)Nc1c(C)cccc1N. The summed E-state index contributed by atoms with van der Waals surface area (Å²) in [6, 6.07) is 5.54. The molecule has 1 aromatic rings. The molecule has 0 unspecified atom stereocenters. The van der Waals surface area contributed by atoms with E-state index >= 15 is 0 Å². The normalized spacial score (nSPS) is 11.3. The number of anilines is 2. The smallest absolute Gasteiger partial charge is 0.227 e. The van der Waals surface area contributed by atoms with E-state index in [1.54, 1.807) is 13.2 Å². The van der Waals surface area contributed by atoms with Crippen molar-refractivity contribution in [2.75, 3.05) is 18.2 Å². The predicted octanol–water partition coefficient (Wildman–Crippen LogP) is 2.33. The van der Waals surface area contributed by atoms with Gasteiger partial charge >= 0.3 is 0 Å². The molecule has 4 nitrogen and oxygen atoms in total. The fraction of sp³-hybridized carbons (Fsp3) is 0.462. The van der Waals surface area contributed by atoms with Gasteiger partial charge in [0.05, 0.1) is 23.4 Å². The molecule has 1 amide bonds. The molecular formula is C13H20N2O2. The second kappa shape index (κ2) is 5.19. The number of ether oxygens (including phenoxy) is 1. The number of aryl methyl sites for hydroxylation is 1. The molecule has 3 N–H and O–H groups in total. The van der Waals surface area contributed by atoms with E-state index in [-0.39, 0.29) is 12.3 Å². The molecule has 1 aromatic carbocycles. The molecule has 0 spiro atoms. The first-order valence-corrected chi connectivity index (χ1v) is 5.56. The summed E-state index contributed by atoms with van der Waals surface area (Å²) in [4.78, 5) is 11.8. The van der Waals surface area contributed by atoms with Crippen molar-refractivity contribution in [3.8, 4) is 0 Å². The molecule has 0 fully saturated rings. The number of nitrogen functional groups attached to an aromatic ring is 1. The van der Waals surface area contributed by atoms with Gasteiger partial charge in [-0.25, -0.2) is 0 Å². The van der Waals surface area contributed by atoms with Gasteiger partial charge in [0, 0.05) is 7.11 Å². The van der Waals surface area contributed by atoms with Crippen molar-refractivity contribution in [3.05, 3.63) is 23.8 Å². The zero-order chi connectivity index (χ0) is 13.1. The van der Waals surface area contributed by atoms with Gasteiger partial charge in [-0.05, 0) is 32.4 Å². The quantitative estimate of drug-likeness (QED) is 0.789. The van der Waals surface area contributed by atoms with E-state index in [4.69, 9.17) is 10.5 Å². The molecule has 0 atom stereocenters. The number of benzene rings is 1. The summed E-state index contributed by atoms with van der Waals surface area (Å²) in [5.41, 5.74) is 7.56. The number of para-hydroxylation sites is 1. The number of nitrogens with one attached hydrogen (secondary N) is 1. The minimum Gasteiger partial charge on any atom is -0.397 e. The van der Waals surface area contributed by atoms with Crippen molar-refractivity contribution < 1.29 is 9.53 Å². The maximum absolute atomic E-state index is 11.8. The van der Waals surface area contributed by atoms with Crippen LogP contribution in [0.25, 0.3) is 0 Å². The second-order valence-corrected chi connectivity index (χ2v) is 4.73. The summed E-state index contributed by atoms with van der Waals surface area (Å²) in [7, 11) is 1.59. The lowest BCUT2D eigenvalue weighted by atomic mass is 10.0. The summed E-state index contributed by atoms with van der Waals surface area (Å²) >= 11 is 0. The van der Waals surface area contributed by atoms with Gasteiger partial charge in [0.15, 0.2) is 0 Å². The van der Waals surface area contributed by atoms with Crippen LogP contribution in [0.15, 0.2) is 18.2 Å². The van der Waals surface area contributed by atoms with E-state index in [0.717, 1.165) is 5.56 Å². The summed E-state index contributed by atoms with van der Waals surface area (Å²) in [5.74, 6) is -0.0992. The number of amides is 1. The zero-order valence-corrected chi connectivity index (χ0v) is 10.8. The van der Waals surface area contributed by atoms with Crippen molar-refractivity contribution in [2.24, 2.45) is 0 Å². The standard InChI is InChI=1S/C13H20N2O2/c1-9-6-5-7-10(14)12(9)15-11(16)8-13(2,3)17-4/h5-7H,8,14H2,1-4H3,(H,15,16). The summed E-state index contributed by atoms with van der Waals surface area (Å²) in [6.45, 7) is 5.65. The third-order valence-corrected chi connectivity index (χ3v) is 2.71. The third kappa shape index (κ3) is 3.75. The van der Waals surface area contributed by atoms with Crippen LogP contribution < -0.4 is 11.1 Å². The Morgan fingerprint density at radius 1 is 1.47 bits per heavy atom. The second-order valence-electron chi connectivity index (χ2n) is 4.73. The van der Waals surface area contributed by atoms with Gasteiger partial charge in [-0.15, -0.1) is 0 Å². The molecule has 0 heterocycles. The number of rotatable bonds is 4. The van der Waals surface area contributed by atoms with Crippen LogP contribution in [0, 0.1) is 6.92 Å². The molecule has 0 bridgehead atoms. The summed E-state index contributed by atoms with van der Waals surface area (Å²) in [5, 5.41) is 2.82. The number of hydrogen-bond donors (Lipinski definition) is 2. The highest BCUT2D eigenvalue weighted by molar-refractivity contribution is 5.95. The van der Waals surface area contributed by atoms with Crippen LogP contribution in [0.5, 0.6) is 0 Å². The number of hydrogen-bond acceptors (Lipinski definition) is 3. The van der Waals surface area contributed by atoms with Gasteiger partial charge < -0.3 is 15.8 Å². The fourth-order valence-corrected chi connectivity index (χ4v) is 1.50. The Kier molecular flexibility index (Phi) is 4.12. The molecule has 0 radical (unpaired) electrons. The van der Waals surface area contributed by atoms with Crippen molar-refractivity contribution in [2.45, 2.75) is 32.8 Å². The molecule has 0 aromatic heterocycles. The lowest BCUT2D eigenvalue weighted by Gasteiger charge is -2.22. The zero-order valence-electron chi connectivity index (χ0n) is 10.8. The van der Waals surface area contributed by atoms with Crippen LogP contribution in [-0.4, -0.2) is 18.6 Å². The van der Waals surface area contributed by atoms with E-state index in [9.17, 15) is 4.79 Å². The lowest BCUT2D eigenvalue weighted by molar-refractivity contribution is -0.121. The van der Waals surface area contributed by atoms with Crippen LogP contribution in [0.2, 0.25) is 0 Å². The van der Waals surface area contributed by atoms with Crippen LogP contribution in [0.4, 0.5) is 11.4 Å². The molecule has 4 heteroatoms. The number of carbonyl (C=O) groups is 1. The molecule has 94 valence electrons. The van der Waals surface area contributed by atoms with Crippen LogP contribution in [-0.2, 0) is 9.53 Å². The van der Waals surface area contributed by atoms with Gasteiger partial charge in [-0.2, -0.15) is 0 Å². The molecule has 0 aliphatic rings. The fourth-order valence-electron chi connectivity index (χ4n) is 1.50. The largest absolute Gasteiger partial charge is 0.397 e. The van der Waals surface area contributed by atoms with E-state index in [1.807, 2.05) is 32.9 Å². The van der Waals surface area contributed by atoms with Crippen molar-refractivity contribution >= 4 is 17.3 Å². The lowest BCUT2D eigenvalue weighted by Crippen LogP contribution is -2.29. The maximum atomic E-state index is 11.8. The van der Waals surface area contributed by atoms with Gasteiger partial charge in [-0.1, -0.05) is 12.1 Å². The Morgan fingerprint density at radius 2 is 2.12 bits per heavy atom. The van der Waals surface area contributed by atoms with Gasteiger partial charge in [0.25, 0.3) is 0 Å². The Morgan fingerprint density at radius 3 is 2.65 bits per heavy atom. The van der Waals surface area contributed by atoms with E-state index in [1.165, 1.54) is 0 Å². The third-order valence-electron chi connectivity index (χ3n) is 2.71. The maximum Gasteiger partial charge on any atom is 0.227 e. The molecule has 0 saturated heterocycles. The molecule has 0 aliphatic heterocycles. The van der Waals surface area contributed by atoms with Crippen LogP contribution in [0.1, 0.15) is 25.8 Å². The Hall–Kier alpha value is -1.55. The highest BCUT2D eigenvalue weighted by atomic mass is 16.5. The van der Waals surface area contributed by atoms with Gasteiger partial charge in [-0.3, -0.25) is 4.79 Å². The first-order valence-electron chi connectivity index (χ1n) is 5.56. The molecule has 0 saturated carbocycles. The minimum atomic E-state index is -0.471. The molecule has 0 aliphatic carbocycles. The number of methoxy groups -OCH3 is 1. The average molecular weight is 236 g/mol. The predicted molar refractivity (Wildman–Crippen MR) is 69.9 cm³/mol. The molecule has 17 heavy (non-hydrogen) atoms.